The quantitative estimate of drug-likeness (QED) is 0.895. The fraction of sp³-hybridized carbons (Fsp3) is 0.375. The minimum Gasteiger partial charge on any atom is -0.350 e. The van der Waals surface area contributed by atoms with Gasteiger partial charge >= 0.3 is 6.18 Å². The van der Waals surface area contributed by atoms with Crippen LogP contribution in [0.2, 0.25) is 0 Å². The number of pyridine rings is 1. The van der Waals surface area contributed by atoms with Crippen molar-refractivity contribution in [1.29, 1.82) is 0 Å². The predicted molar refractivity (Wildman–Crippen MR) is 84.8 cm³/mol. The van der Waals surface area contributed by atoms with Gasteiger partial charge in [0.1, 0.15) is 5.69 Å². The van der Waals surface area contributed by atoms with Gasteiger partial charge in [-0.25, -0.2) is 0 Å². The van der Waals surface area contributed by atoms with Gasteiger partial charge in [0, 0.05) is 25.8 Å². The number of thiophene rings is 1. The fourth-order valence-corrected chi connectivity index (χ4v) is 3.27. The average molecular weight is 355 g/mol. The van der Waals surface area contributed by atoms with E-state index in [4.69, 9.17) is 0 Å². The molecule has 0 saturated carbocycles. The Morgan fingerprint density at radius 1 is 1.33 bits per heavy atom. The summed E-state index contributed by atoms with van der Waals surface area (Å²) in [5, 5.41) is 6.84. The first-order valence-corrected chi connectivity index (χ1v) is 8.47. The van der Waals surface area contributed by atoms with E-state index in [-0.39, 0.29) is 11.6 Å². The van der Waals surface area contributed by atoms with Crippen LogP contribution in [0.1, 0.15) is 34.1 Å². The second-order valence-corrected chi connectivity index (χ2v) is 6.38. The van der Waals surface area contributed by atoms with Crippen molar-refractivity contribution in [3.05, 3.63) is 52.0 Å². The summed E-state index contributed by atoms with van der Waals surface area (Å²) in [6, 6.07) is 4.09. The van der Waals surface area contributed by atoms with Crippen molar-refractivity contribution < 1.29 is 18.0 Å². The average Bonchev–Trinajstić information content (AvgIpc) is 3.02. The number of likely N-dealkylation sites (tertiary alicyclic amines) is 1. The highest BCUT2D eigenvalue weighted by atomic mass is 32.1. The summed E-state index contributed by atoms with van der Waals surface area (Å²) in [6.07, 6.45) is -2.41. The van der Waals surface area contributed by atoms with E-state index in [0.717, 1.165) is 43.4 Å². The van der Waals surface area contributed by atoms with Gasteiger partial charge in [0.15, 0.2) is 0 Å². The number of hydrogen-bond donors (Lipinski definition) is 1. The van der Waals surface area contributed by atoms with Crippen molar-refractivity contribution in [2.24, 2.45) is 0 Å². The summed E-state index contributed by atoms with van der Waals surface area (Å²) in [6.45, 7) is 2.38. The molecule has 1 aliphatic heterocycles. The first-order chi connectivity index (χ1) is 11.4. The largest absolute Gasteiger partial charge is 0.433 e. The van der Waals surface area contributed by atoms with E-state index in [1.165, 1.54) is 0 Å². The Bertz CT molecular complexity index is 682. The lowest BCUT2D eigenvalue weighted by Crippen LogP contribution is -2.45. The number of nitrogens with zero attached hydrogens (tertiary/aromatic N) is 2. The predicted octanol–water partition coefficient (Wildman–Crippen LogP) is 3.34. The SMILES string of the molecule is O=C(NC[C@H](c1ccsc1)N1CCC1)c1ccc(C(F)(F)F)nc1. The highest BCUT2D eigenvalue weighted by Crippen LogP contribution is 2.28. The number of carbonyl (C=O) groups excluding carboxylic acids is 1. The van der Waals surface area contributed by atoms with Crippen LogP contribution < -0.4 is 5.32 Å². The van der Waals surface area contributed by atoms with Crippen LogP contribution in [0.4, 0.5) is 13.2 Å². The van der Waals surface area contributed by atoms with Gasteiger partial charge in [0.2, 0.25) is 0 Å². The Balaban J connectivity index is 1.63. The zero-order valence-corrected chi connectivity index (χ0v) is 13.5. The van der Waals surface area contributed by atoms with Crippen molar-refractivity contribution in [2.45, 2.75) is 18.6 Å². The summed E-state index contributed by atoms with van der Waals surface area (Å²) in [5.41, 5.74) is 0.261. The molecule has 0 unspecified atom stereocenters. The minimum atomic E-state index is -4.50. The van der Waals surface area contributed by atoms with E-state index in [2.05, 4.69) is 20.6 Å². The molecule has 4 nitrogen and oxygen atoms in total. The number of alkyl halides is 3. The van der Waals surface area contributed by atoms with Crippen LogP contribution in [-0.4, -0.2) is 35.4 Å². The lowest BCUT2D eigenvalue weighted by Gasteiger charge is -2.38. The van der Waals surface area contributed by atoms with E-state index in [9.17, 15) is 18.0 Å². The third-order valence-corrected chi connectivity index (χ3v) is 4.73. The first-order valence-electron chi connectivity index (χ1n) is 7.53. The maximum Gasteiger partial charge on any atom is 0.433 e. The molecule has 128 valence electrons. The molecule has 2 aromatic rings. The molecule has 1 N–H and O–H groups in total. The number of amides is 1. The molecule has 1 saturated heterocycles. The molecule has 0 bridgehead atoms. The smallest absolute Gasteiger partial charge is 0.350 e. The van der Waals surface area contributed by atoms with Gasteiger partial charge < -0.3 is 5.32 Å². The topological polar surface area (TPSA) is 45.2 Å². The van der Waals surface area contributed by atoms with Crippen LogP contribution in [0.25, 0.3) is 0 Å². The molecule has 2 aromatic heterocycles. The number of rotatable bonds is 5. The van der Waals surface area contributed by atoms with Crippen LogP contribution in [0, 0.1) is 0 Å². The number of nitrogens with one attached hydrogen (secondary N) is 1. The summed E-state index contributed by atoms with van der Waals surface area (Å²) in [7, 11) is 0. The monoisotopic (exact) mass is 355 g/mol. The van der Waals surface area contributed by atoms with E-state index in [1.807, 2.05) is 11.4 Å². The first kappa shape index (κ1) is 16.9. The highest BCUT2D eigenvalue weighted by molar-refractivity contribution is 7.07. The zero-order valence-electron chi connectivity index (χ0n) is 12.7. The maximum absolute atomic E-state index is 12.5. The van der Waals surface area contributed by atoms with E-state index >= 15 is 0 Å². The molecule has 0 aliphatic carbocycles. The van der Waals surface area contributed by atoms with E-state index in [1.54, 1.807) is 11.3 Å². The molecule has 8 heteroatoms. The molecule has 0 radical (unpaired) electrons. The third-order valence-electron chi connectivity index (χ3n) is 4.03. The summed E-state index contributed by atoms with van der Waals surface area (Å²) >= 11 is 1.60. The molecular formula is C16H16F3N3OS. The van der Waals surface area contributed by atoms with Gasteiger partial charge in [0.25, 0.3) is 5.91 Å². The molecule has 0 aromatic carbocycles. The van der Waals surface area contributed by atoms with Crippen LogP contribution in [0.3, 0.4) is 0 Å². The highest BCUT2D eigenvalue weighted by Gasteiger charge is 2.32. The molecule has 3 heterocycles. The lowest BCUT2D eigenvalue weighted by molar-refractivity contribution is -0.141. The number of aromatic nitrogens is 1. The molecule has 0 spiro atoms. The van der Waals surface area contributed by atoms with Gasteiger partial charge in [-0.3, -0.25) is 14.7 Å². The number of hydrogen-bond acceptors (Lipinski definition) is 4. The van der Waals surface area contributed by atoms with Crippen LogP contribution in [0.5, 0.6) is 0 Å². The van der Waals surface area contributed by atoms with Crippen molar-refractivity contribution >= 4 is 17.2 Å². The molecular weight excluding hydrogens is 339 g/mol. The standard InChI is InChI=1S/C16H16F3N3OS/c17-16(18,19)14-3-2-11(8-20-14)15(23)21-9-13(22-5-1-6-22)12-4-7-24-10-12/h2-4,7-8,10,13H,1,5-6,9H2,(H,21,23)/t13-/m1/s1. The number of carbonyl (C=O) groups is 1. The van der Waals surface area contributed by atoms with Crippen LogP contribution in [-0.2, 0) is 6.18 Å². The van der Waals surface area contributed by atoms with Gasteiger partial charge in [-0.2, -0.15) is 24.5 Å². The lowest BCUT2D eigenvalue weighted by atomic mass is 10.0. The summed E-state index contributed by atoms with van der Waals surface area (Å²) in [5.74, 6) is -0.419. The fourth-order valence-electron chi connectivity index (χ4n) is 2.56. The minimum absolute atomic E-state index is 0.0938. The molecule has 3 rings (SSSR count). The molecule has 1 aliphatic rings. The van der Waals surface area contributed by atoms with E-state index < -0.39 is 17.8 Å². The maximum atomic E-state index is 12.5. The van der Waals surface area contributed by atoms with Crippen molar-refractivity contribution in [2.75, 3.05) is 19.6 Å². The Kier molecular flexibility index (Phi) is 4.86. The zero-order chi connectivity index (χ0) is 17.2. The second-order valence-electron chi connectivity index (χ2n) is 5.60. The van der Waals surface area contributed by atoms with Crippen LogP contribution >= 0.6 is 11.3 Å². The molecule has 1 amide bonds. The van der Waals surface area contributed by atoms with Gasteiger partial charge in [-0.15, -0.1) is 0 Å². The number of halogens is 3. The Morgan fingerprint density at radius 2 is 2.12 bits per heavy atom. The second kappa shape index (κ2) is 6.90. The van der Waals surface area contributed by atoms with E-state index in [0.29, 0.717) is 6.54 Å². The van der Waals surface area contributed by atoms with Gasteiger partial charge in [-0.1, -0.05) is 0 Å². The third kappa shape index (κ3) is 3.76. The molecule has 1 atom stereocenters. The van der Waals surface area contributed by atoms with Crippen molar-refractivity contribution in [3.63, 3.8) is 0 Å². The Hall–Kier alpha value is -1.93. The summed E-state index contributed by atoms with van der Waals surface area (Å²) in [4.78, 5) is 17.7. The Labute approximate surface area is 141 Å². The van der Waals surface area contributed by atoms with Gasteiger partial charge in [0.05, 0.1) is 11.6 Å². The Morgan fingerprint density at radius 3 is 2.62 bits per heavy atom. The summed E-state index contributed by atoms with van der Waals surface area (Å²) < 4.78 is 37.5. The van der Waals surface area contributed by atoms with Crippen LogP contribution in [0.15, 0.2) is 35.2 Å². The van der Waals surface area contributed by atoms with Crippen molar-refractivity contribution in [1.82, 2.24) is 15.2 Å². The molecule has 24 heavy (non-hydrogen) atoms. The normalized spacial score (nSPS) is 16.5. The van der Waals surface area contributed by atoms with Gasteiger partial charge in [-0.05, 0) is 40.9 Å². The molecule has 1 fully saturated rings. The van der Waals surface area contributed by atoms with Crippen molar-refractivity contribution in [3.8, 4) is 0 Å².